The average molecular weight is 446 g/mol. The van der Waals surface area contributed by atoms with Gasteiger partial charge in [0.25, 0.3) is 0 Å². The summed E-state index contributed by atoms with van der Waals surface area (Å²) in [5, 5.41) is 2.95. The van der Waals surface area contributed by atoms with Crippen molar-refractivity contribution in [2.75, 3.05) is 25.2 Å². The predicted molar refractivity (Wildman–Crippen MR) is 104 cm³/mol. The van der Waals surface area contributed by atoms with E-state index in [2.05, 4.69) is 21.2 Å². The summed E-state index contributed by atoms with van der Waals surface area (Å²) in [7, 11) is -1.55. The second-order valence-electron chi connectivity index (χ2n) is 5.73. The Labute approximate surface area is 161 Å². The maximum Gasteiger partial charge on any atom is 0.238 e. The van der Waals surface area contributed by atoms with Crippen LogP contribution in [0.25, 0.3) is 0 Å². The van der Waals surface area contributed by atoms with Crippen LogP contribution in [0.4, 0.5) is 5.69 Å². The molecule has 134 valence electrons. The van der Waals surface area contributed by atoms with Crippen molar-refractivity contribution in [2.45, 2.75) is 11.4 Å². The molecule has 1 N–H and O–H groups in total. The van der Waals surface area contributed by atoms with Crippen molar-refractivity contribution in [3.8, 4) is 0 Å². The fourth-order valence-corrected chi connectivity index (χ4v) is 3.46. The number of carbonyl (C=O) groups excluding carboxylic acids is 1. The molecule has 0 aliphatic heterocycles. The lowest BCUT2D eigenvalue weighted by molar-refractivity contribution is -0.117. The van der Waals surface area contributed by atoms with Crippen molar-refractivity contribution < 1.29 is 13.2 Å². The Morgan fingerprint density at radius 2 is 1.92 bits per heavy atom. The highest BCUT2D eigenvalue weighted by Gasteiger charge is 2.14. The van der Waals surface area contributed by atoms with Gasteiger partial charge in [0.1, 0.15) is 0 Å². The van der Waals surface area contributed by atoms with E-state index in [1.807, 2.05) is 36.2 Å². The number of carbonyl (C=O) groups is 1. The summed E-state index contributed by atoms with van der Waals surface area (Å²) < 4.78 is 24.2. The zero-order chi connectivity index (χ0) is 18.6. The number of hydrogen-bond donors (Lipinski definition) is 1. The van der Waals surface area contributed by atoms with Gasteiger partial charge in [0.05, 0.1) is 22.2 Å². The topological polar surface area (TPSA) is 66.5 Å². The van der Waals surface area contributed by atoms with Crippen molar-refractivity contribution in [2.24, 2.45) is 0 Å². The third-order valence-electron chi connectivity index (χ3n) is 3.45. The monoisotopic (exact) mass is 444 g/mol. The van der Waals surface area contributed by atoms with Crippen LogP contribution < -0.4 is 5.32 Å². The second-order valence-corrected chi connectivity index (χ2v) is 9.00. The maximum atomic E-state index is 12.2. The molecule has 0 atom stereocenters. The lowest BCUT2D eigenvalue weighted by Gasteiger charge is -2.17. The van der Waals surface area contributed by atoms with E-state index in [0.717, 1.165) is 16.3 Å². The first-order chi connectivity index (χ1) is 11.7. The molecule has 0 heterocycles. The van der Waals surface area contributed by atoms with Crippen LogP contribution in [0, 0.1) is 0 Å². The van der Waals surface area contributed by atoms with Crippen molar-refractivity contribution in [1.29, 1.82) is 0 Å². The van der Waals surface area contributed by atoms with Crippen LogP contribution in [-0.2, 0) is 21.2 Å². The summed E-state index contributed by atoms with van der Waals surface area (Å²) in [6.07, 6.45) is 1.10. The number of benzene rings is 2. The Morgan fingerprint density at radius 1 is 1.24 bits per heavy atom. The highest BCUT2D eigenvalue weighted by atomic mass is 79.9. The van der Waals surface area contributed by atoms with Crippen LogP contribution in [0.15, 0.2) is 51.8 Å². The Morgan fingerprint density at radius 3 is 2.56 bits per heavy atom. The highest BCUT2D eigenvalue weighted by Crippen LogP contribution is 2.25. The number of nitrogens with one attached hydrogen (secondary N) is 1. The van der Waals surface area contributed by atoms with Gasteiger partial charge < -0.3 is 5.32 Å². The molecule has 1 amide bonds. The molecule has 0 aromatic heterocycles. The molecular weight excluding hydrogens is 428 g/mol. The number of halogens is 2. The largest absolute Gasteiger partial charge is 0.324 e. The first kappa shape index (κ1) is 19.9. The van der Waals surface area contributed by atoms with Crippen LogP contribution in [0.5, 0.6) is 0 Å². The molecule has 8 heteroatoms. The van der Waals surface area contributed by atoms with E-state index in [1.54, 1.807) is 0 Å². The summed E-state index contributed by atoms with van der Waals surface area (Å²) >= 11 is 9.53. The molecule has 0 fully saturated rings. The van der Waals surface area contributed by atoms with E-state index in [4.69, 9.17) is 11.6 Å². The van der Waals surface area contributed by atoms with Gasteiger partial charge in [-0.2, -0.15) is 0 Å². The van der Waals surface area contributed by atoms with Crippen LogP contribution in [0.3, 0.4) is 0 Å². The second kappa shape index (κ2) is 8.31. The van der Waals surface area contributed by atoms with E-state index in [-0.39, 0.29) is 28.1 Å². The normalized spacial score (nSPS) is 11.6. The number of sulfone groups is 1. The van der Waals surface area contributed by atoms with Gasteiger partial charge in [-0.15, -0.1) is 0 Å². The Hall–Kier alpha value is -1.41. The lowest BCUT2D eigenvalue weighted by Crippen LogP contribution is -2.30. The standard InChI is InChI=1S/C17H18BrClN2O3S/c1-21(10-12-5-3-4-6-14(12)18)11-17(22)20-16-9-13(25(2,23)24)7-8-15(16)19/h3-9H,10-11H2,1-2H3,(H,20,22). The molecule has 0 unspecified atom stereocenters. The minimum atomic E-state index is -3.37. The number of likely N-dealkylation sites (N-methyl/N-ethyl adjacent to an activating group) is 1. The van der Waals surface area contributed by atoms with Gasteiger partial charge in [0, 0.05) is 17.3 Å². The van der Waals surface area contributed by atoms with E-state index in [1.165, 1.54) is 18.2 Å². The van der Waals surface area contributed by atoms with E-state index >= 15 is 0 Å². The molecule has 0 saturated carbocycles. The summed E-state index contributed by atoms with van der Waals surface area (Å²) in [5.41, 5.74) is 1.35. The Bertz CT molecular complexity index is 887. The first-order valence-electron chi connectivity index (χ1n) is 7.38. The first-order valence-corrected chi connectivity index (χ1v) is 10.4. The molecule has 0 aliphatic rings. The van der Waals surface area contributed by atoms with Gasteiger partial charge in [-0.05, 0) is 36.9 Å². The Balaban J connectivity index is 2.04. The summed E-state index contributed by atoms with van der Waals surface area (Å²) in [5.74, 6) is -0.276. The van der Waals surface area contributed by atoms with Crippen molar-refractivity contribution in [3.05, 3.63) is 57.5 Å². The number of nitrogens with zero attached hydrogens (tertiary/aromatic N) is 1. The molecule has 2 rings (SSSR count). The van der Waals surface area contributed by atoms with Crippen LogP contribution in [0.2, 0.25) is 5.02 Å². The molecule has 0 bridgehead atoms. The molecule has 0 radical (unpaired) electrons. The van der Waals surface area contributed by atoms with Crippen LogP contribution in [-0.4, -0.2) is 39.1 Å². The minimum Gasteiger partial charge on any atom is -0.324 e. The Kier molecular flexibility index (Phi) is 6.62. The summed E-state index contributed by atoms with van der Waals surface area (Å²) in [6.45, 7) is 0.729. The van der Waals surface area contributed by atoms with Gasteiger partial charge in [-0.25, -0.2) is 8.42 Å². The molecule has 0 aliphatic carbocycles. The van der Waals surface area contributed by atoms with Crippen molar-refractivity contribution >= 4 is 49.0 Å². The third-order valence-corrected chi connectivity index (χ3v) is 5.67. The smallest absolute Gasteiger partial charge is 0.238 e. The zero-order valence-corrected chi connectivity index (χ0v) is 17.0. The van der Waals surface area contributed by atoms with Gasteiger partial charge in [0.2, 0.25) is 5.91 Å². The van der Waals surface area contributed by atoms with Gasteiger partial charge in [-0.3, -0.25) is 9.69 Å². The quantitative estimate of drug-likeness (QED) is 0.738. The molecule has 2 aromatic carbocycles. The van der Waals surface area contributed by atoms with Gasteiger partial charge >= 0.3 is 0 Å². The molecule has 2 aromatic rings. The maximum absolute atomic E-state index is 12.2. The SMILES string of the molecule is CN(CC(=O)Nc1cc(S(C)(=O)=O)ccc1Cl)Cc1ccccc1Br. The molecule has 5 nitrogen and oxygen atoms in total. The van der Waals surface area contributed by atoms with Crippen molar-refractivity contribution in [3.63, 3.8) is 0 Å². The summed E-state index contributed by atoms with van der Waals surface area (Å²) in [6, 6.07) is 12.0. The highest BCUT2D eigenvalue weighted by molar-refractivity contribution is 9.10. The zero-order valence-electron chi connectivity index (χ0n) is 13.8. The number of hydrogen-bond acceptors (Lipinski definition) is 4. The summed E-state index contributed by atoms with van der Waals surface area (Å²) in [4.78, 5) is 14.2. The van der Waals surface area contributed by atoms with Crippen LogP contribution in [0.1, 0.15) is 5.56 Å². The fourth-order valence-electron chi connectivity index (χ4n) is 2.24. The number of rotatable bonds is 6. The third kappa shape index (κ3) is 5.81. The molecule has 0 saturated heterocycles. The van der Waals surface area contributed by atoms with Gasteiger partial charge in [0.15, 0.2) is 9.84 Å². The molecular formula is C17H18BrClN2O3S. The fraction of sp³-hybridized carbons (Fsp3) is 0.235. The minimum absolute atomic E-state index is 0.105. The number of amides is 1. The van der Waals surface area contributed by atoms with E-state index < -0.39 is 9.84 Å². The van der Waals surface area contributed by atoms with E-state index in [9.17, 15) is 13.2 Å². The van der Waals surface area contributed by atoms with Crippen LogP contribution >= 0.6 is 27.5 Å². The molecule has 0 spiro atoms. The van der Waals surface area contributed by atoms with Gasteiger partial charge in [-0.1, -0.05) is 45.7 Å². The molecule has 25 heavy (non-hydrogen) atoms. The average Bonchev–Trinajstić information content (AvgIpc) is 2.50. The van der Waals surface area contributed by atoms with Crippen molar-refractivity contribution in [1.82, 2.24) is 4.90 Å². The number of anilines is 1. The lowest BCUT2D eigenvalue weighted by atomic mass is 10.2. The predicted octanol–water partition coefficient (Wildman–Crippen LogP) is 3.58. The van der Waals surface area contributed by atoms with E-state index in [0.29, 0.717) is 6.54 Å².